The summed E-state index contributed by atoms with van der Waals surface area (Å²) in [6.07, 6.45) is 2.19. The third-order valence-electron chi connectivity index (χ3n) is 2.03. The maximum absolute atomic E-state index is 13.1. The second kappa shape index (κ2) is 7.63. The van der Waals surface area contributed by atoms with E-state index in [9.17, 15) is 4.39 Å². The molecule has 0 amide bonds. The highest BCUT2D eigenvalue weighted by atomic mass is 79.9. The molecule has 0 unspecified atom stereocenters. The summed E-state index contributed by atoms with van der Waals surface area (Å²) >= 11 is 3.08. The molecule has 1 aromatic carbocycles. The van der Waals surface area contributed by atoms with Crippen LogP contribution in [0.15, 0.2) is 22.7 Å². The van der Waals surface area contributed by atoms with Gasteiger partial charge in [0.1, 0.15) is 18.2 Å². The maximum Gasteiger partial charge on any atom is 0.141 e. The predicted molar refractivity (Wildman–Crippen MR) is 65.3 cm³/mol. The summed E-state index contributed by atoms with van der Waals surface area (Å²) in [5.74, 6) is 0.212. The van der Waals surface area contributed by atoms with E-state index in [1.165, 1.54) is 6.07 Å². The standard InChI is InChI=1S/C12H16BrFO2/c1-2-3-6-15-7-8-16-10-4-5-11(13)12(14)9-10/h4-5,9H,2-3,6-8H2,1H3. The molecule has 1 rings (SSSR count). The molecule has 2 nitrogen and oxygen atoms in total. The second-order valence-corrected chi connectivity index (χ2v) is 4.24. The first kappa shape index (κ1) is 13.5. The Morgan fingerprint density at radius 2 is 2.06 bits per heavy atom. The van der Waals surface area contributed by atoms with Gasteiger partial charge in [-0.25, -0.2) is 4.39 Å². The van der Waals surface area contributed by atoms with Gasteiger partial charge in [-0.15, -0.1) is 0 Å². The van der Waals surface area contributed by atoms with Crippen LogP contribution in [-0.4, -0.2) is 19.8 Å². The van der Waals surface area contributed by atoms with E-state index in [1.807, 2.05) is 0 Å². The smallest absolute Gasteiger partial charge is 0.141 e. The lowest BCUT2D eigenvalue weighted by atomic mass is 10.3. The van der Waals surface area contributed by atoms with Crippen molar-refractivity contribution in [3.8, 4) is 5.75 Å². The minimum Gasteiger partial charge on any atom is -0.491 e. The summed E-state index contributed by atoms with van der Waals surface area (Å²) in [6, 6.07) is 4.71. The first-order chi connectivity index (χ1) is 7.74. The van der Waals surface area contributed by atoms with Crippen LogP contribution in [0, 0.1) is 5.82 Å². The highest BCUT2D eigenvalue weighted by Crippen LogP contribution is 2.20. The van der Waals surface area contributed by atoms with Crippen LogP contribution in [0.1, 0.15) is 19.8 Å². The molecule has 0 atom stereocenters. The molecular formula is C12H16BrFO2. The minimum atomic E-state index is -0.315. The van der Waals surface area contributed by atoms with Crippen molar-refractivity contribution in [2.45, 2.75) is 19.8 Å². The molecule has 0 aliphatic carbocycles. The van der Waals surface area contributed by atoms with Crippen molar-refractivity contribution >= 4 is 15.9 Å². The fourth-order valence-electron chi connectivity index (χ4n) is 1.13. The third kappa shape index (κ3) is 4.94. The largest absolute Gasteiger partial charge is 0.491 e. The molecule has 0 radical (unpaired) electrons. The number of rotatable bonds is 7. The highest BCUT2D eigenvalue weighted by Gasteiger charge is 2.00. The monoisotopic (exact) mass is 290 g/mol. The Morgan fingerprint density at radius 3 is 2.75 bits per heavy atom. The van der Waals surface area contributed by atoms with Crippen LogP contribution in [0.3, 0.4) is 0 Å². The number of hydrogen-bond donors (Lipinski definition) is 0. The number of ether oxygens (including phenoxy) is 2. The molecule has 1 aromatic rings. The molecule has 0 saturated carbocycles. The van der Waals surface area contributed by atoms with Crippen LogP contribution < -0.4 is 4.74 Å². The average molecular weight is 291 g/mol. The Bertz CT molecular complexity index is 318. The zero-order chi connectivity index (χ0) is 11.8. The Kier molecular flexibility index (Phi) is 6.42. The van der Waals surface area contributed by atoms with Gasteiger partial charge in [0.25, 0.3) is 0 Å². The minimum absolute atomic E-state index is 0.315. The average Bonchev–Trinajstić information content (AvgIpc) is 2.28. The molecule has 0 N–H and O–H groups in total. The highest BCUT2D eigenvalue weighted by molar-refractivity contribution is 9.10. The van der Waals surface area contributed by atoms with Crippen LogP contribution in [0.5, 0.6) is 5.75 Å². The predicted octanol–water partition coefficient (Wildman–Crippen LogP) is 3.78. The summed E-state index contributed by atoms with van der Waals surface area (Å²) in [7, 11) is 0. The van der Waals surface area contributed by atoms with Crippen LogP contribution in [0.4, 0.5) is 4.39 Å². The van der Waals surface area contributed by atoms with Gasteiger partial charge in [0.2, 0.25) is 0 Å². The molecule has 0 aliphatic heterocycles. The quantitative estimate of drug-likeness (QED) is 0.712. The molecule has 4 heteroatoms. The number of benzene rings is 1. The van der Waals surface area contributed by atoms with E-state index >= 15 is 0 Å². The molecule has 16 heavy (non-hydrogen) atoms. The summed E-state index contributed by atoms with van der Waals surface area (Å²) in [5.41, 5.74) is 0. The van der Waals surface area contributed by atoms with Gasteiger partial charge in [0.05, 0.1) is 11.1 Å². The van der Waals surface area contributed by atoms with Crippen molar-refractivity contribution in [1.82, 2.24) is 0 Å². The van der Waals surface area contributed by atoms with E-state index in [2.05, 4.69) is 22.9 Å². The molecular weight excluding hydrogens is 275 g/mol. The Hall–Kier alpha value is -0.610. The van der Waals surface area contributed by atoms with E-state index in [0.29, 0.717) is 23.4 Å². The fraction of sp³-hybridized carbons (Fsp3) is 0.500. The Balaban J connectivity index is 2.19. The normalized spacial score (nSPS) is 10.4. The molecule has 0 spiro atoms. The van der Waals surface area contributed by atoms with Gasteiger partial charge in [-0.05, 0) is 34.5 Å². The van der Waals surface area contributed by atoms with Gasteiger partial charge < -0.3 is 9.47 Å². The Morgan fingerprint density at radius 1 is 1.25 bits per heavy atom. The van der Waals surface area contributed by atoms with Gasteiger partial charge >= 0.3 is 0 Å². The van der Waals surface area contributed by atoms with E-state index < -0.39 is 0 Å². The third-order valence-corrected chi connectivity index (χ3v) is 2.67. The van der Waals surface area contributed by atoms with Crippen LogP contribution in [-0.2, 0) is 4.74 Å². The molecule has 0 heterocycles. The Labute approximate surface area is 104 Å². The summed E-state index contributed by atoms with van der Waals surface area (Å²) in [5, 5.41) is 0. The first-order valence-corrected chi connectivity index (χ1v) is 6.19. The van der Waals surface area contributed by atoms with Crippen molar-refractivity contribution in [2.24, 2.45) is 0 Å². The van der Waals surface area contributed by atoms with Crippen molar-refractivity contribution < 1.29 is 13.9 Å². The van der Waals surface area contributed by atoms with E-state index in [1.54, 1.807) is 12.1 Å². The first-order valence-electron chi connectivity index (χ1n) is 5.39. The van der Waals surface area contributed by atoms with E-state index in [4.69, 9.17) is 9.47 Å². The lowest BCUT2D eigenvalue weighted by molar-refractivity contribution is 0.0979. The van der Waals surface area contributed by atoms with Crippen molar-refractivity contribution in [2.75, 3.05) is 19.8 Å². The van der Waals surface area contributed by atoms with Gasteiger partial charge in [0.15, 0.2) is 0 Å². The number of halogens is 2. The number of hydrogen-bond acceptors (Lipinski definition) is 2. The molecule has 0 saturated heterocycles. The lowest BCUT2D eigenvalue weighted by Gasteiger charge is -2.07. The molecule has 0 bridgehead atoms. The fourth-order valence-corrected chi connectivity index (χ4v) is 1.38. The van der Waals surface area contributed by atoms with Crippen molar-refractivity contribution in [3.63, 3.8) is 0 Å². The van der Waals surface area contributed by atoms with Crippen LogP contribution >= 0.6 is 15.9 Å². The molecule has 0 aliphatic rings. The SMILES string of the molecule is CCCCOCCOc1ccc(Br)c(F)c1. The second-order valence-electron chi connectivity index (χ2n) is 3.39. The van der Waals surface area contributed by atoms with Crippen LogP contribution in [0.25, 0.3) is 0 Å². The lowest BCUT2D eigenvalue weighted by Crippen LogP contribution is -2.07. The van der Waals surface area contributed by atoms with E-state index in [0.717, 1.165) is 19.4 Å². The number of unbranched alkanes of at least 4 members (excludes halogenated alkanes) is 1. The van der Waals surface area contributed by atoms with Gasteiger partial charge in [-0.3, -0.25) is 0 Å². The molecule has 0 fully saturated rings. The maximum atomic E-state index is 13.1. The summed E-state index contributed by atoms with van der Waals surface area (Å²) < 4.78 is 24.2. The van der Waals surface area contributed by atoms with Crippen molar-refractivity contribution in [1.29, 1.82) is 0 Å². The van der Waals surface area contributed by atoms with Crippen LogP contribution in [0.2, 0.25) is 0 Å². The van der Waals surface area contributed by atoms with Gasteiger partial charge in [-0.2, -0.15) is 0 Å². The van der Waals surface area contributed by atoms with Gasteiger partial charge in [-0.1, -0.05) is 13.3 Å². The summed E-state index contributed by atoms with van der Waals surface area (Å²) in [6.45, 7) is 3.86. The summed E-state index contributed by atoms with van der Waals surface area (Å²) in [4.78, 5) is 0. The molecule has 0 aromatic heterocycles. The zero-order valence-corrected chi connectivity index (χ0v) is 10.9. The topological polar surface area (TPSA) is 18.5 Å². The van der Waals surface area contributed by atoms with Crippen molar-refractivity contribution in [3.05, 3.63) is 28.5 Å². The van der Waals surface area contributed by atoms with E-state index in [-0.39, 0.29) is 5.82 Å². The zero-order valence-electron chi connectivity index (χ0n) is 9.34. The molecule has 90 valence electrons. The van der Waals surface area contributed by atoms with Gasteiger partial charge in [0, 0.05) is 12.7 Å².